The van der Waals surface area contributed by atoms with Gasteiger partial charge in [0.2, 0.25) is 0 Å². The number of epoxide rings is 2. The average Bonchev–Trinajstić information content (AvgIpc) is 3.10. The molecule has 17 heavy (non-hydrogen) atoms. The van der Waals surface area contributed by atoms with Crippen LogP contribution in [-0.2, 0) is 9.47 Å². The van der Waals surface area contributed by atoms with Crippen LogP contribution >= 0.6 is 0 Å². The van der Waals surface area contributed by atoms with Crippen LogP contribution in [-0.4, -0.2) is 24.4 Å². The van der Waals surface area contributed by atoms with Gasteiger partial charge >= 0.3 is 31.1 Å². The first-order valence-corrected chi connectivity index (χ1v) is 6.69. The van der Waals surface area contributed by atoms with Crippen molar-refractivity contribution >= 4 is 0 Å². The first kappa shape index (κ1) is 14.4. The third-order valence-electron chi connectivity index (χ3n) is 4.23. The molecule has 0 aromatic rings. The maximum atomic E-state index is 5.31. The van der Waals surface area contributed by atoms with Crippen LogP contribution < -0.4 is 0 Å². The molecule has 0 bridgehead atoms. The van der Waals surface area contributed by atoms with E-state index in [0.29, 0.717) is 36.3 Å². The molecule has 2 saturated heterocycles. The molecule has 4 rings (SSSR count). The summed E-state index contributed by atoms with van der Waals surface area (Å²) in [7, 11) is 0. The van der Waals surface area contributed by atoms with Gasteiger partial charge in [0.05, 0.1) is 24.4 Å². The van der Waals surface area contributed by atoms with Crippen molar-refractivity contribution in [2.45, 2.75) is 62.9 Å². The molecular weight excluding hydrogens is 438 g/mol. The Labute approximate surface area is 129 Å². The molecule has 6 unspecified atom stereocenters. The number of hydrogen-bond acceptors (Lipinski definition) is 2. The molecular formula is C14H22O2U. The Balaban J connectivity index is 0.000000120. The zero-order valence-corrected chi connectivity index (χ0v) is 14.6. The summed E-state index contributed by atoms with van der Waals surface area (Å²) >= 11 is 0. The first-order valence-electron chi connectivity index (χ1n) is 6.69. The summed E-state index contributed by atoms with van der Waals surface area (Å²) in [6.07, 6.45) is 10.0. The Kier molecular flexibility index (Phi) is 5.04. The third kappa shape index (κ3) is 3.97. The van der Waals surface area contributed by atoms with Crippen LogP contribution in [0.3, 0.4) is 0 Å². The molecule has 0 amide bonds. The zero-order valence-electron chi connectivity index (χ0n) is 10.4. The normalized spacial score (nSPS) is 49.8. The van der Waals surface area contributed by atoms with Gasteiger partial charge in [-0.2, -0.15) is 11.8 Å². The van der Waals surface area contributed by atoms with E-state index in [1.165, 1.54) is 38.5 Å². The van der Waals surface area contributed by atoms with E-state index in [-0.39, 0.29) is 31.1 Å². The van der Waals surface area contributed by atoms with Crippen molar-refractivity contribution in [2.75, 3.05) is 0 Å². The molecule has 4 aliphatic rings. The minimum Gasteiger partial charge on any atom is -0.370 e. The second kappa shape index (κ2) is 5.95. The Bertz CT molecular complexity index is 233. The average molecular weight is 460 g/mol. The Morgan fingerprint density at radius 3 is 1.35 bits per heavy atom. The van der Waals surface area contributed by atoms with Crippen molar-refractivity contribution in [3.63, 3.8) is 0 Å². The van der Waals surface area contributed by atoms with Crippen LogP contribution in [0.25, 0.3) is 0 Å². The quantitative estimate of drug-likeness (QED) is 0.411. The van der Waals surface area contributed by atoms with Crippen molar-refractivity contribution < 1.29 is 40.6 Å². The number of hydrogen-bond donors (Lipinski definition) is 0. The van der Waals surface area contributed by atoms with E-state index in [0.717, 1.165) is 0 Å². The fourth-order valence-corrected chi connectivity index (χ4v) is 2.97. The summed E-state index contributed by atoms with van der Waals surface area (Å²) in [5.74, 6) is 1.36. The van der Waals surface area contributed by atoms with Gasteiger partial charge in [-0.3, -0.25) is 0 Å². The van der Waals surface area contributed by atoms with Gasteiger partial charge in [0.15, 0.2) is 0 Å². The van der Waals surface area contributed by atoms with E-state index in [4.69, 9.17) is 9.47 Å². The Morgan fingerprint density at radius 1 is 0.647 bits per heavy atom. The van der Waals surface area contributed by atoms with E-state index in [1.54, 1.807) is 0 Å². The summed E-state index contributed by atoms with van der Waals surface area (Å²) in [6, 6.07) is 0. The summed E-state index contributed by atoms with van der Waals surface area (Å²) in [6.45, 7) is 7.99. The number of ether oxygens (including phenoxy) is 2. The molecule has 0 spiro atoms. The standard InChI is InChI=1S/2C7H11O.U/c2*1-5-2-3-6-7(4-5)8-6;/h2*5-7H,1-4H2;/q2*-1;+2. The predicted molar refractivity (Wildman–Crippen MR) is 62.7 cm³/mol. The molecule has 6 atom stereocenters. The van der Waals surface area contributed by atoms with Crippen LogP contribution in [0.2, 0.25) is 0 Å². The zero-order chi connectivity index (χ0) is 11.1. The molecule has 0 aromatic carbocycles. The molecule has 0 N–H and O–H groups in total. The molecule has 4 fully saturated rings. The van der Waals surface area contributed by atoms with Crippen molar-refractivity contribution in [1.82, 2.24) is 0 Å². The van der Waals surface area contributed by atoms with E-state index in [2.05, 4.69) is 13.8 Å². The van der Waals surface area contributed by atoms with Gasteiger partial charge in [0.1, 0.15) is 0 Å². The Morgan fingerprint density at radius 2 is 1.06 bits per heavy atom. The number of rotatable bonds is 0. The van der Waals surface area contributed by atoms with Crippen LogP contribution in [0, 0.1) is 56.8 Å². The summed E-state index contributed by atoms with van der Waals surface area (Å²) in [5.41, 5.74) is 0. The largest absolute Gasteiger partial charge is 2.00 e. The molecule has 0 aromatic heterocycles. The van der Waals surface area contributed by atoms with Gasteiger partial charge in [-0.05, 0) is 25.7 Å². The molecule has 94 valence electrons. The van der Waals surface area contributed by atoms with E-state index >= 15 is 0 Å². The van der Waals surface area contributed by atoms with Crippen LogP contribution in [0.5, 0.6) is 0 Å². The van der Waals surface area contributed by atoms with Gasteiger partial charge in [-0.15, -0.1) is 0 Å². The second-order valence-corrected chi connectivity index (χ2v) is 5.78. The maximum Gasteiger partial charge on any atom is 2.00 e. The van der Waals surface area contributed by atoms with Crippen LogP contribution in [0.1, 0.15) is 38.5 Å². The second-order valence-electron chi connectivity index (χ2n) is 5.78. The van der Waals surface area contributed by atoms with Crippen molar-refractivity contribution in [1.29, 1.82) is 0 Å². The van der Waals surface area contributed by atoms with Crippen LogP contribution in [0.4, 0.5) is 0 Å². The van der Waals surface area contributed by atoms with Crippen LogP contribution in [0.15, 0.2) is 0 Å². The fourth-order valence-electron chi connectivity index (χ4n) is 2.97. The smallest absolute Gasteiger partial charge is 0.370 e. The first-order chi connectivity index (χ1) is 7.72. The molecule has 2 aliphatic heterocycles. The van der Waals surface area contributed by atoms with Crippen molar-refractivity contribution in [3.05, 3.63) is 13.8 Å². The minimum absolute atomic E-state index is 0. The fraction of sp³-hybridized carbons (Fsp3) is 0.857. The van der Waals surface area contributed by atoms with E-state index in [1.807, 2.05) is 0 Å². The number of fused-ring (bicyclic) bond motifs is 2. The topological polar surface area (TPSA) is 25.1 Å². The van der Waals surface area contributed by atoms with E-state index in [9.17, 15) is 0 Å². The molecule has 3 heteroatoms. The summed E-state index contributed by atoms with van der Waals surface area (Å²) < 4.78 is 10.6. The minimum atomic E-state index is 0. The van der Waals surface area contributed by atoms with E-state index < -0.39 is 0 Å². The van der Waals surface area contributed by atoms with Gasteiger partial charge in [0, 0.05) is 0 Å². The Hall–Kier alpha value is 0.972. The SMILES string of the molecule is [CH2-]C1CCC2OC2C1.[CH2-]C1CCC2OC2C1.[U+2]. The monoisotopic (exact) mass is 460 g/mol. The van der Waals surface area contributed by atoms with Gasteiger partial charge in [0.25, 0.3) is 0 Å². The molecule has 2 heterocycles. The van der Waals surface area contributed by atoms with Gasteiger partial charge < -0.3 is 23.3 Å². The van der Waals surface area contributed by atoms with Crippen molar-refractivity contribution in [2.24, 2.45) is 11.8 Å². The maximum absolute atomic E-state index is 5.31. The molecule has 2 nitrogen and oxygen atoms in total. The molecule has 2 aliphatic carbocycles. The third-order valence-corrected chi connectivity index (χ3v) is 4.23. The van der Waals surface area contributed by atoms with Crippen molar-refractivity contribution in [3.8, 4) is 0 Å². The predicted octanol–water partition coefficient (Wildman–Crippen LogP) is 2.78. The molecule has 2 saturated carbocycles. The summed E-state index contributed by atoms with van der Waals surface area (Å²) in [4.78, 5) is 0. The molecule has 0 radical (unpaired) electrons. The van der Waals surface area contributed by atoms with Gasteiger partial charge in [-0.1, -0.05) is 12.8 Å². The van der Waals surface area contributed by atoms with Gasteiger partial charge in [-0.25, -0.2) is 0 Å². The summed E-state index contributed by atoms with van der Waals surface area (Å²) in [5, 5.41) is 0.